The molecule has 1 aliphatic carbocycles. The number of nitrogens with one attached hydrogen (secondary N) is 1. The predicted octanol–water partition coefficient (Wildman–Crippen LogP) is 6.46. The van der Waals surface area contributed by atoms with Crippen molar-refractivity contribution in [2.75, 3.05) is 43.6 Å². The van der Waals surface area contributed by atoms with Crippen LogP contribution in [0.1, 0.15) is 44.2 Å². The molecule has 2 aromatic rings. The number of fused-ring (bicyclic) bond motifs is 1. The van der Waals surface area contributed by atoms with Crippen molar-refractivity contribution in [2.45, 2.75) is 39.5 Å². The quantitative estimate of drug-likeness (QED) is 0.431. The van der Waals surface area contributed by atoms with Gasteiger partial charge in [-0.15, -0.1) is 0 Å². The van der Waals surface area contributed by atoms with E-state index >= 15 is 0 Å². The molecular weight excluding hydrogens is 486 g/mol. The highest BCUT2D eigenvalue weighted by Crippen LogP contribution is 2.39. The Morgan fingerprint density at radius 3 is 2.81 bits per heavy atom. The number of benzene rings is 1. The van der Waals surface area contributed by atoms with Gasteiger partial charge < -0.3 is 19.7 Å². The lowest BCUT2D eigenvalue weighted by atomic mass is 9.94. The van der Waals surface area contributed by atoms with Crippen molar-refractivity contribution in [3.63, 3.8) is 0 Å². The summed E-state index contributed by atoms with van der Waals surface area (Å²) in [6, 6.07) is 6.21. The van der Waals surface area contributed by atoms with Gasteiger partial charge in [-0.3, -0.25) is 4.99 Å². The van der Waals surface area contributed by atoms with Crippen molar-refractivity contribution in [1.82, 2.24) is 9.97 Å². The van der Waals surface area contributed by atoms with Gasteiger partial charge in [-0.1, -0.05) is 41.5 Å². The first-order chi connectivity index (χ1) is 18.0. The summed E-state index contributed by atoms with van der Waals surface area (Å²) in [5.74, 6) is 3.49. The Bertz CT molecular complexity index is 1280. The molecule has 0 spiro atoms. The lowest BCUT2D eigenvalue weighted by molar-refractivity contribution is 0.170. The van der Waals surface area contributed by atoms with Crippen molar-refractivity contribution in [3.8, 4) is 11.8 Å². The van der Waals surface area contributed by atoms with Crippen LogP contribution in [-0.2, 0) is 11.2 Å². The lowest BCUT2D eigenvalue weighted by Gasteiger charge is -2.33. The molecule has 0 bridgehead atoms. The smallest absolute Gasteiger partial charge is 0.325 e. The van der Waals surface area contributed by atoms with Gasteiger partial charge in [0.15, 0.2) is 0 Å². The van der Waals surface area contributed by atoms with E-state index in [1.54, 1.807) is 7.11 Å². The number of anilines is 2. The molecule has 3 heterocycles. The summed E-state index contributed by atoms with van der Waals surface area (Å²) in [7, 11) is 1.77. The summed E-state index contributed by atoms with van der Waals surface area (Å²) >= 11 is 6.74. The predicted molar refractivity (Wildman–Crippen MR) is 151 cm³/mol. The number of methoxy groups -OCH3 is 1. The van der Waals surface area contributed by atoms with Gasteiger partial charge in [0.2, 0.25) is 0 Å². The van der Waals surface area contributed by atoms with Crippen LogP contribution in [0.3, 0.4) is 0 Å². The van der Waals surface area contributed by atoms with Crippen molar-refractivity contribution in [3.05, 3.63) is 63.7 Å². The Morgan fingerprint density at radius 2 is 2.03 bits per heavy atom. The molecule has 37 heavy (non-hydrogen) atoms. The summed E-state index contributed by atoms with van der Waals surface area (Å²) in [6.07, 6.45) is 12.5. The minimum Gasteiger partial charge on any atom is -0.423 e. The van der Waals surface area contributed by atoms with Gasteiger partial charge in [-0.2, -0.15) is 9.97 Å². The Balaban J connectivity index is 1.40. The van der Waals surface area contributed by atoms with Crippen LogP contribution in [0.15, 0.2) is 52.6 Å². The number of amidine groups is 1. The molecule has 0 saturated carbocycles. The molecule has 3 aliphatic rings. The molecule has 7 nitrogen and oxygen atoms in total. The second-order valence-corrected chi connectivity index (χ2v) is 10.2. The van der Waals surface area contributed by atoms with Crippen LogP contribution in [0.5, 0.6) is 11.8 Å². The highest BCUT2D eigenvalue weighted by Gasteiger charge is 2.23. The zero-order valence-corrected chi connectivity index (χ0v) is 22.5. The average molecular weight is 520 g/mol. The number of ether oxygens (including phenoxy) is 2. The van der Waals surface area contributed by atoms with Crippen LogP contribution in [0, 0.1) is 5.92 Å². The van der Waals surface area contributed by atoms with E-state index in [-0.39, 0.29) is 6.01 Å². The number of allylic oxidation sites excluding steroid dienone is 2. The van der Waals surface area contributed by atoms with Crippen LogP contribution in [0.25, 0.3) is 6.08 Å². The number of nitrogens with zero attached hydrogens (tertiary/aromatic N) is 4. The second-order valence-electron chi connectivity index (χ2n) is 9.87. The van der Waals surface area contributed by atoms with E-state index in [0.29, 0.717) is 29.1 Å². The van der Waals surface area contributed by atoms with E-state index in [0.717, 1.165) is 68.2 Å². The fourth-order valence-corrected chi connectivity index (χ4v) is 5.36. The summed E-state index contributed by atoms with van der Waals surface area (Å²) in [6.45, 7) is 7.44. The minimum atomic E-state index is 0.262. The first-order valence-electron chi connectivity index (χ1n) is 13.0. The minimum absolute atomic E-state index is 0.262. The van der Waals surface area contributed by atoms with Gasteiger partial charge in [-0.05, 0) is 68.7 Å². The molecular formula is C29H34ClN5O2. The van der Waals surface area contributed by atoms with Gasteiger partial charge in [0, 0.05) is 38.4 Å². The number of hydrogen-bond acceptors (Lipinski definition) is 7. The fourth-order valence-electron chi connectivity index (χ4n) is 5.08. The van der Waals surface area contributed by atoms with E-state index < -0.39 is 0 Å². The number of halogens is 1. The molecule has 8 heteroatoms. The Labute approximate surface area is 224 Å². The number of aromatic nitrogens is 2. The second kappa shape index (κ2) is 11.5. The zero-order valence-electron chi connectivity index (χ0n) is 21.8. The molecule has 1 fully saturated rings. The average Bonchev–Trinajstić information content (AvgIpc) is 3.50. The summed E-state index contributed by atoms with van der Waals surface area (Å²) in [5.41, 5.74) is 4.68. The van der Waals surface area contributed by atoms with Gasteiger partial charge in [0.05, 0.1) is 11.6 Å². The van der Waals surface area contributed by atoms with E-state index in [1.807, 2.05) is 31.2 Å². The van der Waals surface area contributed by atoms with Gasteiger partial charge >= 0.3 is 6.01 Å². The molecule has 1 N–H and O–H groups in total. The van der Waals surface area contributed by atoms with E-state index in [9.17, 15) is 0 Å². The summed E-state index contributed by atoms with van der Waals surface area (Å²) < 4.78 is 11.5. The molecule has 0 unspecified atom stereocenters. The van der Waals surface area contributed by atoms with Crippen molar-refractivity contribution in [1.29, 1.82) is 0 Å². The maximum absolute atomic E-state index is 6.74. The molecule has 2 aliphatic heterocycles. The van der Waals surface area contributed by atoms with Crippen molar-refractivity contribution >= 4 is 35.1 Å². The van der Waals surface area contributed by atoms with Crippen LogP contribution < -0.4 is 15.0 Å². The molecule has 5 rings (SSSR count). The van der Waals surface area contributed by atoms with Crippen LogP contribution in [0.4, 0.5) is 11.6 Å². The van der Waals surface area contributed by atoms with Gasteiger partial charge in [0.1, 0.15) is 23.2 Å². The van der Waals surface area contributed by atoms with Gasteiger partial charge in [0.25, 0.3) is 0 Å². The lowest BCUT2D eigenvalue weighted by Crippen LogP contribution is -2.34. The van der Waals surface area contributed by atoms with Crippen LogP contribution in [0.2, 0.25) is 5.02 Å². The van der Waals surface area contributed by atoms with Crippen LogP contribution >= 0.6 is 11.6 Å². The monoisotopic (exact) mass is 519 g/mol. The molecule has 0 radical (unpaired) electrons. The Morgan fingerprint density at radius 1 is 1.19 bits per heavy atom. The van der Waals surface area contributed by atoms with E-state index in [1.165, 1.54) is 11.1 Å². The largest absolute Gasteiger partial charge is 0.423 e. The number of piperidine rings is 1. The molecule has 1 aromatic heterocycles. The standard InChI is InChI=1S/C29H34ClN5O2/c1-4-5-21-16-25(31-18-21)32-26-17-27(35-11-8-20(9-12-35)10-13-36-3)34-29(33-26)37-24-7-6-22-14-19(2)15-23(22)28(24)30/h4-7,15-17,20H,8-14,18H2,1-3H3,(H,31,32,33,34)/b5-4+. The summed E-state index contributed by atoms with van der Waals surface area (Å²) in [5, 5.41) is 3.95. The Hall–Kier alpha value is -3.16. The first kappa shape index (κ1) is 25.5. The fraction of sp³-hybridized carbons (Fsp3) is 0.414. The zero-order chi connectivity index (χ0) is 25.8. The number of hydrogen-bond donors (Lipinski definition) is 1. The molecule has 1 aromatic carbocycles. The van der Waals surface area contributed by atoms with Crippen molar-refractivity contribution < 1.29 is 9.47 Å². The number of rotatable bonds is 8. The van der Waals surface area contributed by atoms with Crippen molar-refractivity contribution in [2.24, 2.45) is 10.9 Å². The van der Waals surface area contributed by atoms with Gasteiger partial charge in [-0.25, -0.2) is 0 Å². The third-order valence-electron chi connectivity index (χ3n) is 7.05. The van der Waals surface area contributed by atoms with Crippen LogP contribution in [-0.4, -0.2) is 49.2 Å². The third-order valence-corrected chi connectivity index (χ3v) is 7.44. The topological polar surface area (TPSA) is 71.9 Å². The maximum atomic E-state index is 6.74. The molecule has 0 amide bonds. The molecule has 0 atom stereocenters. The number of aliphatic imine (C=N–C) groups is 1. The highest BCUT2D eigenvalue weighted by molar-refractivity contribution is 6.33. The highest BCUT2D eigenvalue weighted by atomic mass is 35.5. The molecule has 194 valence electrons. The Kier molecular flexibility index (Phi) is 7.91. The van der Waals surface area contributed by atoms with E-state index in [2.05, 4.69) is 45.3 Å². The normalized spacial score (nSPS) is 17.6. The summed E-state index contributed by atoms with van der Waals surface area (Å²) in [4.78, 5) is 16.4. The molecule has 1 saturated heterocycles. The van der Waals surface area contributed by atoms with E-state index in [4.69, 9.17) is 26.1 Å². The third kappa shape index (κ3) is 6.05. The SMILES string of the molecule is C/C=C/C1=CC(Nc2cc(N3CCC(CCOC)CC3)nc(Oc3ccc4c(c3Cl)C=C(C)C4)n2)=NC1. The maximum Gasteiger partial charge on any atom is 0.325 e. The first-order valence-corrected chi connectivity index (χ1v) is 13.3.